The third-order valence-corrected chi connectivity index (χ3v) is 4.10. The van der Waals surface area contributed by atoms with E-state index in [9.17, 15) is 4.79 Å². The van der Waals surface area contributed by atoms with Crippen molar-refractivity contribution in [3.63, 3.8) is 0 Å². The Balaban J connectivity index is 3.25. The lowest BCUT2D eigenvalue weighted by atomic mass is 9.84. The van der Waals surface area contributed by atoms with E-state index >= 15 is 0 Å². The van der Waals surface area contributed by atoms with Gasteiger partial charge >= 0.3 is 5.97 Å². The third-order valence-electron chi connectivity index (χ3n) is 4.10. The van der Waals surface area contributed by atoms with E-state index in [1.54, 1.807) is 0 Å². The summed E-state index contributed by atoms with van der Waals surface area (Å²) in [5, 5.41) is 0. The van der Waals surface area contributed by atoms with Crippen LogP contribution in [0.1, 0.15) is 50.8 Å². The summed E-state index contributed by atoms with van der Waals surface area (Å²) in [6.07, 6.45) is 0.380. The molecule has 0 spiro atoms. The Morgan fingerprint density at radius 1 is 1.10 bits per heavy atom. The summed E-state index contributed by atoms with van der Waals surface area (Å²) in [4.78, 5) is 14.4. The lowest BCUT2D eigenvalue weighted by Crippen LogP contribution is -2.45. The fourth-order valence-electron chi connectivity index (χ4n) is 3.10. The van der Waals surface area contributed by atoms with E-state index in [2.05, 4.69) is 57.7 Å². The van der Waals surface area contributed by atoms with E-state index in [1.165, 1.54) is 16.7 Å². The average Bonchev–Trinajstić information content (AvgIpc) is 2.39. The number of esters is 1. The molecule has 21 heavy (non-hydrogen) atoms. The van der Waals surface area contributed by atoms with Gasteiger partial charge in [-0.25, -0.2) is 0 Å². The molecule has 0 fully saturated rings. The summed E-state index contributed by atoms with van der Waals surface area (Å²) < 4.78 is 5.19. The molecule has 1 aromatic carbocycles. The summed E-state index contributed by atoms with van der Waals surface area (Å²) in [6, 6.07) is 6.53. The molecule has 3 heteroatoms. The Bertz CT molecular complexity index is 460. The molecule has 1 rings (SSSR count). The zero-order valence-corrected chi connectivity index (χ0v) is 14.3. The van der Waals surface area contributed by atoms with Crippen LogP contribution < -0.4 is 0 Å². The second-order valence-corrected chi connectivity index (χ2v) is 5.80. The Morgan fingerprint density at radius 2 is 1.62 bits per heavy atom. The van der Waals surface area contributed by atoms with Crippen LogP contribution in [0.3, 0.4) is 0 Å². The minimum atomic E-state index is -0.327. The largest absolute Gasteiger partial charge is 0.466 e. The van der Waals surface area contributed by atoms with Crippen molar-refractivity contribution in [1.82, 2.24) is 4.90 Å². The van der Waals surface area contributed by atoms with Crippen molar-refractivity contribution in [1.29, 1.82) is 0 Å². The van der Waals surface area contributed by atoms with Gasteiger partial charge in [0.1, 0.15) is 0 Å². The number of hydrogen-bond donors (Lipinski definition) is 0. The van der Waals surface area contributed by atoms with Gasteiger partial charge in [-0.2, -0.15) is 0 Å². The van der Waals surface area contributed by atoms with Crippen molar-refractivity contribution >= 4 is 5.97 Å². The lowest BCUT2D eigenvalue weighted by molar-refractivity contribution is -0.146. The molecule has 1 unspecified atom stereocenters. The number of nitrogens with zero attached hydrogens (tertiary/aromatic N) is 1. The maximum Gasteiger partial charge on any atom is 0.307 e. The van der Waals surface area contributed by atoms with Crippen molar-refractivity contribution in [3.05, 3.63) is 34.9 Å². The normalized spacial score (nSPS) is 14.0. The van der Waals surface area contributed by atoms with Crippen molar-refractivity contribution in [3.8, 4) is 0 Å². The second kappa shape index (κ2) is 7.60. The first kappa shape index (κ1) is 17.7. The van der Waals surface area contributed by atoms with Crippen LogP contribution in [0.4, 0.5) is 0 Å². The molecule has 3 nitrogen and oxygen atoms in total. The number of benzene rings is 1. The van der Waals surface area contributed by atoms with E-state index in [0.717, 1.165) is 13.1 Å². The molecule has 0 radical (unpaired) electrons. The zero-order valence-electron chi connectivity index (χ0n) is 14.3. The topological polar surface area (TPSA) is 29.5 Å². The minimum Gasteiger partial charge on any atom is -0.466 e. The van der Waals surface area contributed by atoms with Gasteiger partial charge in [0.2, 0.25) is 0 Å². The Hall–Kier alpha value is -1.35. The predicted octanol–water partition coefficient (Wildman–Crippen LogP) is 3.81. The number of hydrogen-bond acceptors (Lipinski definition) is 3. The van der Waals surface area contributed by atoms with Crippen LogP contribution in [-0.2, 0) is 15.1 Å². The van der Waals surface area contributed by atoms with Gasteiger partial charge < -0.3 is 4.74 Å². The first-order chi connectivity index (χ1) is 9.87. The first-order valence-corrected chi connectivity index (χ1v) is 7.86. The molecular formula is C18H29NO2. The molecule has 1 aromatic rings. The van der Waals surface area contributed by atoms with E-state index in [4.69, 9.17) is 4.74 Å². The van der Waals surface area contributed by atoms with Crippen molar-refractivity contribution in [2.45, 2.75) is 53.5 Å². The highest BCUT2D eigenvalue weighted by molar-refractivity contribution is 5.71. The summed E-state index contributed by atoms with van der Waals surface area (Å²) in [5.74, 6) is -0.133. The highest BCUT2D eigenvalue weighted by Crippen LogP contribution is 2.33. The Labute approximate surface area is 129 Å². The third kappa shape index (κ3) is 4.31. The zero-order chi connectivity index (χ0) is 16.0. The molecule has 0 aliphatic carbocycles. The van der Waals surface area contributed by atoms with E-state index in [1.807, 2.05) is 6.92 Å². The quantitative estimate of drug-likeness (QED) is 0.715. The van der Waals surface area contributed by atoms with Gasteiger partial charge in [-0.05, 0) is 46.3 Å². The van der Waals surface area contributed by atoms with E-state index in [-0.39, 0.29) is 11.5 Å². The Morgan fingerprint density at radius 3 is 2.05 bits per heavy atom. The number of ether oxygens (including phenoxy) is 1. The van der Waals surface area contributed by atoms with Gasteiger partial charge in [0.05, 0.1) is 18.6 Å². The lowest BCUT2D eigenvalue weighted by Gasteiger charge is -2.40. The highest BCUT2D eigenvalue weighted by atomic mass is 16.5. The maximum absolute atomic E-state index is 12.1. The molecule has 0 heterocycles. The van der Waals surface area contributed by atoms with Gasteiger partial charge in [-0.1, -0.05) is 43.2 Å². The summed E-state index contributed by atoms with van der Waals surface area (Å²) in [6.45, 7) is 14.7. The number of aryl methyl sites for hydroxylation is 2. The number of rotatable bonds is 7. The molecule has 0 saturated heterocycles. The second-order valence-electron chi connectivity index (χ2n) is 5.80. The number of carbonyl (C=O) groups is 1. The molecule has 0 N–H and O–H groups in total. The molecule has 0 aromatic heterocycles. The molecule has 0 bridgehead atoms. The van der Waals surface area contributed by atoms with E-state index < -0.39 is 0 Å². The standard InChI is InChI=1S/C18H29NO2/c1-7-19(8-2)18(6,13-17(20)21-9-3)16-11-14(4)10-15(5)12-16/h10-12H,7-9,13H2,1-6H3. The molecule has 0 aliphatic heterocycles. The Kier molecular flexibility index (Phi) is 6.41. The van der Waals surface area contributed by atoms with Crippen LogP contribution in [0.2, 0.25) is 0 Å². The molecule has 118 valence electrons. The van der Waals surface area contributed by atoms with Gasteiger partial charge in [-0.3, -0.25) is 9.69 Å². The summed E-state index contributed by atoms with van der Waals surface area (Å²) in [7, 11) is 0. The van der Waals surface area contributed by atoms with Gasteiger partial charge in [0.15, 0.2) is 0 Å². The SMILES string of the molecule is CCOC(=O)CC(C)(c1cc(C)cc(C)c1)N(CC)CC. The predicted molar refractivity (Wildman–Crippen MR) is 87.4 cm³/mol. The molecule has 1 atom stereocenters. The van der Waals surface area contributed by atoms with Crippen molar-refractivity contribution in [2.24, 2.45) is 0 Å². The average molecular weight is 291 g/mol. The van der Waals surface area contributed by atoms with Crippen LogP contribution in [0.5, 0.6) is 0 Å². The van der Waals surface area contributed by atoms with Crippen LogP contribution in [0, 0.1) is 13.8 Å². The van der Waals surface area contributed by atoms with E-state index in [0.29, 0.717) is 13.0 Å². The molecular weight excluding hydrogens is 262 g/mol. The van der Waals surface area contributed by atoms with Gasteiger partial charge in [0, 0.05) is 0 Å². The van der Waals surface area contributed by atoms with Crippen LogP contribution in [0.25, 0.3) is 0 Å². The summed E-state index contributed by atoms with van der Waals surface area (Å²) >= 11 is 0. The first-order valence-electron chi connectivity index (χ1n) is 7.86. The van der Waals surface area contributed by atoms with Crippen LogP contribution in [-0.4, -0.2) is 30.6 Å². The van der Waals surface area contributed by atoms with Crippen LogP contribution in [0.15, 0.2) is 18.2 Å². The number of carbonyl (C=O) groups excluding carboxylic acids is 1. The fraction of sp³-hybridized carbons (Fsp3) is 0.611. The smallest absolute Gasteiger partial charge is 0.307 e. The van der Waals surface area contributed by atoms with Gasteiger partial charge in [-0.15, -0.1) is 0 Å². The van der Waals surface area contributed by atoms with Crippen molar-refractivity contribution < 1.29 is 9.53 Å². The van der Waals surface area contributed by atoms with Gasteiger partial charge in [0.25, 0.3) is 0 Å². The fourth-order valence-corrected chi connectivity index (χ4v) is 3.10. The highest BCUT2D eigenvalue weighted by Gasteiger charge is 2.35. The molecule has 0 amide bonds. The maximum atomic E-state index is 12.1. The van der Waals surface area contributed by atoms with Crippen molar-refractivity contribution in [2.75, 3.05) is 19.7 Å². The minimum absolute atomic E-state index is 0.133. The van der Waals surface area contributed by atoms with Crippen LogP contribution >= 0.6 is 0 Å². The summed E-state index contributed by atoms with van der Waals surface area (Å²) in [5.41, 5.74) is 3.32. The molecule has 0 saturated carbocycles. The molecule has 0 aliphatic rings. The monoisotopic (exact) mass is 291 g/mol.